The molecule has 0 saturated heterocycles. The van der Waals surface area contributed by atoms with E-state index >= 15 is 0 Å². The summed E-state index contributed by atoms with van der Waals surface area (Å²) >= 11 is 1.42. The summed E-state index contributed by atoms with van der Waals surface area (Å²) in [6.07, 6.45) is 3.92. The van der Waals surface area contributed by atoms with Gasteiger partial charge >= 0.3 is 5.97 Å². The molecular weight excluding hydrogens is 266 g/mol. The van der Waals surface area contributed by atoms with E-state index in [1.165, 1.54) is 11.3 Å². The third-order valence-electron chi connectivity index (χ3n) is 3.05. The number of fused-ring (bicyclic) bond motifs is 1. The molecule has 2 rings (SSSR count). The van der Waals surface area contributed by atoms with Gasteiger partial charge in [0.25, 0.3) is 5.91 Å². The SMILES string of the molecule is CCOC(=O)c1c(NC(=O)CO)sc2c1CCCC2. The van der Waals surface area contributed by atoms with E-state index in [2.05, 4.69) is 5.32 Å². The summed E-state index contributed by atoms with van der Waals surface area (Å²) in [5.74, 6) is -0.903. The Kier molecular flexibility index (Phi) is 4.55. The van der Waals surface area contributed by atoms with Gasteiger partial charge in [-0.2, -0.15) is 0 Å². The summed E-state index contributed by atoms with van der Waals surface area (Å²) in [7, 11) is 0. The molecule has 1 aromatic heterocycles. The summed E-state index contributed by atoms with van der Waals surface area (Å²) in [4.78, 5) is 24.5. The van der Waals surface area contributed by atoms with Crippen molar-refractivity contribution in [2.45, 2.75) is 32.6 Å². The number of aryl methyl sites for hydroxylation is 1. The lowest BCUT2D eigenvalue weighted by atomic mass is 9.95. The van der Waals surface area contributed by atoms with Crippen LogP contribution in [0, 0.1) is 0 Å². The van der Waals surface area contributed by atoms with Gasteiger partial charge in [0.2, 0.25) is 0 Å². The molecule has 1 aliphatic rings. The second kappa shape index (κ2) is 6.16. The average Bonchev–Trinajstić information content (AvgIpc) is 2.76. The number of rotatable bonds is 4. The zero-order valence-corrected chi connectivity index (χ0v) is 11.6. The Morgan fingerprint density at radius 1 is 1.37 bits per heavy atom. The van der Waals surface area contributed by atoms with E-state index < -0.39 is 18.5 Å². The average molecular weight is 283 g/mol. The number of nitrogens with one attached hydrogen (secondary N) is 1. The Morgan fingerprint density at radius 3 is 2.79 bits per heavy atom. The third kappa shape index (κ3) is 2.96. The van der Waals surface area contributed by atoms with Gasteiger partial charge in [0.05, 0.1) is 12.2 Å². The molecule has 0 spiro atoms. The van der Waals surface area contributed by atoms with E-state index in [1.807, 2.05) is 0 Å². The number of aliphatic hydroxyl groups excluding tert-OH is 1. The highest BCUT2D eigenvalue weighted by Crippen LogP contribution is 2.38. The molecular formula is C13H17NO4S. The van der Waals surface area contributed by atoms with Crippen LogP contribution in [0.15, 0.2) is 0 Å². The number of hydrogen-bond donors (Lipinski definition) is 2. The Bertz CT molecular complexity index is 495. The van der Waals surface area contributed by atoms with Gasteiger partial charge in [-0.1, -0.05) is 0 Å². The molecule has 0 bridgehead atoms. The lowest BCUT2D eigenvalue weighted by molar-refractivity contribution is -0.118. The number of hydrogen-bond acceptors (Lipinski definition) is 5. The smallest absolute Gasteiger partial charge is 0.341 e. The van der Waals surface area contributed by atoms with Crippen molar-refractivity contribution in [3.05, 3.63) is 16.0 Å². The van der Waals surface area contributed by atoms with Crippen molar-refractivity contribution < 1.29 is 19.4 Å². The maximum Gasteiger partial charge on any atom is 0.341 e. The quantitative estimate of drug-likeness (QED) is 0.825. The molecule has 6 heteroatoms. The van der Waals surface area contributed by atoms with Crippen LogP contribution in [0.3, 0.4) is 0 Å². The molecule has 19 heavy (non-hydrogen) atoms. The van der Waals surface area contributed by atoms with Gasteiger partial charge < -0.3 is 15.2 Å². The maximum absolute atomic E-state index is 12.0. The van der Waals surface area contributed by atoms with Crippen LogP contribution in [0.2, 0.25) is 0 Å². The molecule has 1 amide bonds. The molecule has 2 N–H and O–H groups in total. The van der Waals surface area contributed by atoms with Crippen LogP contribution >= 0.6 is 11.3 Å². The molecule has 0 saturated carbocycles. The highest BCUT2D eigenvalue weighted by atomic mass is 32.1. The fourth-order valence-corrected chi connectivity index (χ4v) is 3.53. The first-order valence-corrected chi connectivity index (χ1v) is 7.21. The lowest BCUT2D eigenvalue weighted by Gasteiger charge is -2.12. The number of carbonyl (C=O) groups is 2. The maximum atomic E-state index is 12.0. The Morgan fingerprint density at radius 2 is 2.11 bits per heavy atom. The first kappa shape index (κ1) is 14.0. The normalized spacial score (nSPS) is 13.8. The van der Waals surface area contributed by atoms with Crippen LogP contribution in [0.25, 0.3) is 0 Å². The minimum atomic E-state index is -0.592. The van der Waals surface area contributed by atoms with E-state index in [1.54, 1.807) is 6.92 Å². The van der Waals surface area contributed by atoms with Crippen molar-refractivity contribution in [3.8, 4) is 0 Å². The molecule has 0 radical (unpaired) electrons. The Balaban J connectivity index is 2.37. The first-order valence-electron chi connectivity index (χ1n) is 6.39. The van der Waals surface area contributed by atoms with Crippen LogP contribution in [0.1, 0.15) is 40.6 Å². The van der Waals surface area contributed by atoms with Crippen molar-refractivity contribution in [1.29, 1.82) is 0 Å². The van der Waals surface area contributed by atoms with Gasteiger partial charge in [0, 0.05) is 4.88 Å². The number of carbonyl (C=O) groups excluding carboxylic acids is 2. The second-order valence-corrected chi connectivity index (χ2v) is 5.45. The predicted molar refractivity (Wildman–Crippen MR) is 72.6 cm³/mol. The van der Waals surface area contributed by atoms with E-state index in [9.17, 15) is 9.59 Å². The van der Waals surface area contributed by atoms with Crippen molar-refractivity contribution in [1.82, 2.24) is 0 Å². The van der Waals surface area contributed by atoms with Gasteiger partial charge in [-0.05, 0) is 38.2 Å². The second-order valence-electron chi connectivity index (χ2n) is 4.34. The molecule has 0 atom stereocenters. The fourth-order valence-electron chi connectivity index (χ4n) is 2.24. The molecule has 1 heterocycles. The minimum absolute atomic E-state index is 0.302. The Labute approximate surface area is 115 Å². The van der Waals surface area contributed by atoms with E-state index in [0.717, 1.165) is 36.1 Å². The summed E-state index contributed by atoms with van der Waals surface area (Å²) < 4.78 is 5.06. The van der Waals surface area contributed by atoms with Crippen molar-refractivity contribution in [3.63, 3.8) is 0 Å². The zero-order valence-electron chi connectivity index (χ0n) is 10.8. The molecule has 104 valence electrons. The van der Waals surface area contributed by atoms with Gasteiger partial charge in [0.1, 0.15) is 11.6 Å². The summed E-state index contributed by atoms with van der Waals surface area (Å²) in [5, 5.41) is 11.9. The van der Waals surface area contributed by atoms with Crippen molar-refractivity contribution in [2.24, 2.45) is 0 Å². The van der Waals surface area contributed by atoms with Crippen LogP contribution in [0.5, 0.6) is 0 Å². The van der Waals surface area contributed by atoms with Crippen LogP contribution in [0.4, 0.5) is 5.00 Å². The fraction of sp³-hybridized carbons (Fsp3) is 0.538. The largest absolute Gasteiger partial charge is 0.462 e. The van der Waals surface area contributed by atoms with E-state index in [-0.39, 0.29) is 0 Å². The Hall–Kier alpha value is -1.40. The van der Waals surface area contributed by atoms with E-state index in [0.29, 0.717) is 17.2 Å². The number of aliphatic hydroxyl groups is 1. The molecule has 5 nitrogen and oxygen atoms in total. The minimum Gasteiger partial charge on any atom is -0.462 e. The summed E-state index contributed by atoms with van der Waals surface area (Å²) in [6.45, 7) is 1.46. The number of amides is 1. The van der Waals surface area contributed by atoms with Gasteiger partial charge in [-0.25, -0.2) is 4.79 Å². The monoisotopic (exact) mass is 283 g/mol. The van der Waals surface area contributed by atoms with Crippen molar-refractivity contribution in [2.75, 3.05) is 18.5 Å². The first-order chi connectivity index (χ1) is 9.17. The van der Waals surface area contributed by atoms with Crippen molar-refractivity contribution >= 4 is 28.2 Å². The van der Waals surface area contributed by atoms with Gasteiger partial charge in [0.15, 0.2) is 0 Å². The molecule has 0 fully saturated rings. The van der Waals surface area contributed by atoms with Crippen LogP contribution in [-0.4, -0.2) is 30.2 Å². The summed E-state index contributed by atoms with van der Waals surface area (Å²) in [5.41, 5.74) is 1.48. The molecule has 0 aliphatic heterocycles. The highest BCUT2D eigenvalue weighted by Gasteiger charge is 2.26. The highest BCUT2D eigenvalue weighted by molar-refractivity contribution is 7.17. The molecule has 0 aromatic carbocycles. The number of esters is 1. The van der Waals surface area contributed by atoms with Crippen LogP contribution in [-0.2, 0) is 22.4 Å². The van der Waals surface area contributed by atoms with E-state index in [4.69, 9.17) is 9.84 Å². The lowest BCUT2D eigenvalue weighted by Crippen LogP contribution is -2.18. The molecule has 1 aliphatic carbocycles. The summed E-state index contributed by atoms with van der Waals surface area (Å²) in [6, 6.07) is 0. The predicted octanol–water partition coefficient (Wildman–Crippen LogP) is 1.73. The van der Waals surface area contributed by atoms with Gasteiger partial charge in [-0.15, -0.1) is 11.3 Å². The number of thiophene rings is 1. The molecule has 0 unspecified atom stereocenters. The third-order valence-corrected chi connectivity index (χ3v) is 4.25. The standard InChI is InChI=1S/C13H17NO4S/c1-2-18-13(17)11-8-5-3-4-6-9(8)19-12(11)14-10(16)7-15/h15H,2-7H2,1H3,(H,14,16). The van der Waals surface area contributed by atoms with Crippen LogP contribution < -0.4 is 5.32 Å². The van der Waals surface area contributed by atoms with Gasteiger partial charge in [-0.3, -0.25) is 4.79 Å². The topological polar surface area (TPSA) is 75.6 Å². The molecule has 1 aromatic rings. The number of ether oxygens (including phenoxy) is 1. The zero-order chi connectivity index (χ0) is 13.8. The number of anilines is 1.